The van der Waals surface area contributed by atoms with Crippen molar-refractivity contribution in [2.75, 3.05) is 12.3 Å². The highest BCUT2D eigenvalue weighted by Gasteiger charge is 2.39. The molecule has 16 heavy (non-hydrogen) atoms. The molecular formula is C11H21N3OS. The lowest BCUT2D eigenvalue weighted by atomic mass is 9.95. The van der Waals surface area contributed by atoms with Gasteiger partial charge >= 0.3 is 0 Å². The minimum Gasteiger partial charge on any atom is -0.330 e. The van der Waals surface area contributed by atoms with Crippen LogP contribution in [0.5, 0.6) is 0 Å². The fourth-order valence-corrected chi connectivity index (χ4v) is 3.70. The molecule has 0 radical (unpaired) electrons. The first-order valence-electron chi connectivity index (χ1n) is 6.17. The molecule has 0 aromatic heterocycles. The first kappa shape index (κ1) is 12.2. The van der Waals surface area contributed by atoms with Crippen LogP contribution in [-0.2, 0) is 4.79 Å². The van der Waals surface area contributed by atoms with Crippen LogP contribution in [0.1, 0.15) is 38.5 Å². The van der Waals surface area contributed by atoms with Gasteiger partial charge < -0.3 is 11.1 Å². The molecule has 4 nitrogen and oxygen atoms in total. The van der Waals surface area contributed by atoms with Gasteiger partial charge in [-0.3, -0.25) is 10.1 Å². The smallest absolute Gasteiger partial charge is 0.232 e. The number of nitrogens with two attached hydrogens (primary N) is 1. The van der Waals surface area contributed by atoms with Crippen LogP contribution in [0, 0.1) is 0 Å². The molecule has 1 atom stereocenters. The summed E-state index contributed by atoms with van der Waals surface area (Å²) in [6.07, 6.45) is 7.21. The van der Waals surface area contributed by atoms with Gasteiger partial charge in [-0.05, 0) is 19.4 Å². The summed E-state index contributed by atoms with van der Waals surface area (Å²) < 4.78 is 0. The third-order valence-corrected chi connectivity index (χ3v) is 4.65. The largest absolute Gasteiger partial charge is 0.330 e. The molecule has 1 saturated carbocycles. The van der Waals surface area contributed by atoms with E-state index in [2.05, 4.69) is 10.6 Å². The van der Waals surface area contributed by atoms with Gasteiger partial charge in [-0.25, -0.2) is 0 Å². The van der Waals surface area contributed by atoms with Gasteiger partial charge in [0.15, 0.2) is 0 Å². The molecule has 1 heterocycles. The number of nitrogens with one attached hydrogen (secondary N) is 2. The summed E-state index contributed by atoms with van der Waals surface area (Å²) in [4.78, 5) is 11.1. The number of amides is 1. The predicted molar refractivity (Wildman–Crippen MR) is 67.0 cm³/mol. The fourth-order valence-electron chi connectivity index (χ4n) is 2.55. The number of carbonyl (C=O) groups excluding carboxylic acids is 1. The van der Waals surface area contributed by atoms with Crippen molar-refractivity contribution >= 4 is 17.7 Å². The van der Waals surface area contributed by atoms with E-state index >= 15 is 0 Å². The second kappa shape index (κ2) is 5.38. The summed E-state index contributed by atoms with van der Waals surface area (Å²) in [5, 5.41) is 6.66. The maximum atomic E-state index is 11.4. The number of rotatable bonds is 4. The summed E-state index contributed by atoms with van der Waals surface area (Å²) in [5.74, 6) is 0.682. The highest BCUT2D eigenvalue weighted by atomic mass is 32.2. The lowest BCUT2D eigenvalue weighted by Gasteiger charge is -2.35. The van der Waals surface area contributed by atoms with E-state index in [4.69, 9.17) is 5.73 Å². The van der Waals surface area contributed by atoms with Gasteiger partial charge in [0.2, 0.25) is 5.91 Å². The molecule has 0 aromatic rings. The van der Waals surface area contributed by atoms with E-state index in [0.717, 1.165) is 6.42 Å². The Morgan fingerprint density at radius 2 is 2.19 bits per heavy atom. The van der Waals surface area contributed by atoms with Crippen LogP contribution in [0.25, 0.3) is 0 Å². The summed E-state index contributed by atoms with van der Waals surface area (Å²) in [6.45, 7) is 0.604. The van der Waals surface area contributed by atoms with Crippen molar-refractivity contribution in [3.63, 3.8) is 0 Å². The van der Waals surface area contributed by atoms with E-state index in [-0.39, 0.29) is 10.9 Å². The summed E-state index contributed by atoms with van der Waals surface area (Å²) in [7, 11) is 0. The molecule has 0 spiro atoms. The number of hydrogen-bond donors (Lipinski definition) is 3. The highest BCUT2D eigenvalue weighted by molar-refractivity contribution is 8.01. The highest BCUT2D eigenvalue weighted by Crippen LogP contribution is 2.31. The maximum absolute atomic E-state index is 11.4. The Bertz CT molecular complexity index is 256. The van der Waals surface area contributed by atoms with Gasteiger partial charge in [-0.15, -0.1) is 11.8 Å². The zero-order valence-electron chi connectivity index (χ0n) is 9.63. The van der Waals surface area contributed by atoms with Crippen molar-refractivity contribution in [3.8, 4) is 0 Å². The molecule has 1 unspecified atom stereocenters. The first-order chi connectivity index (χ1) is 7.74. The Morgan fingerprint density at radius 3 is 2.75 bits per heavy atom. The molecule has 2 fully saturated rings. The van der Waals surface area contributed by atoms with Crippen LogP contribution in [-0.4, -0.2) is 29.2 Å². The van der Waals surface area contributed by atoms with Crippen molar-refractivity contribution in [1.29, 1.82) is 0 Å². The molecule has 5 heteroatoms. The van der Waals surface area contributed by atoms with Crippen molar-refractivity contribution in [1.82, 2.24) is 10.6 Å². The monoisotopic (exact) mass is 243 g/mol. The van der Waals surface area contributed by atoms with E-state index in [0.29, 0.717) is 18.3 Å². The summed E-state index contributed by atoms with van der Waals surface area (Å²) in [5.41, 5.74) is 5.64. The summed E-state index contributed by atoms with van der Waals surface area (Å²) in [6, 6.07) is 0.547. The van der Waals surface area contributed by atoms with Crippen molar-refractivity contribution in [2.24, 2.45) is 5.73 Å². The molecule has 2 rings (SSSR count). The van der Waals surface area contributed by atoms with Gasteiger partial charge in [-0.1, -0.05) is 19.3 Å². The standard InChI is InChI=1S/C11H21N3OS/c12-7-6-11(14-10(15)8-16-11)13-9-4-2-1-3-5-9/h9,13H,1-8,12H2,(H,14,15). The van der Waals surface area contributed by atoms with Crippen LogP contribution in [0.15, 0.2) is 0 Å². The number of carbonyl (C=O) groups is 1. The van der Waals surface area contributed by atoms with Crippen LogP contribution in [0.4, 0.5) is 0 Å². The summed E-state index contributed by atoms with van der Waals surface area (Å²) >= 11 is 1.66. The van der Waals surface area contributed by atoms with Crippen molar-refractivity contribution < 1.29 is 4.79 Å². The number of hydrogen-bond acceptors (Lipinski definition) is 4. The number of thioether (sulfide) groups is 1. The molecule has 1 saturated heterocycles. The van der Waals surface area contributed by atoms with Gasteiger partial charge in [0, 0.05) is 12.5 Å². The topological polar surface area (TPSA) is 67.2 Å². The van der Waals surface area contributed by atoms with Crippen LogP contribution < -0.4 is 16.4 Å². The second-order valence-corrected chi connectivity index (χ2v) is 5.96. The average molecular weight is 243 g/mol. The van der Waals surface area contributed by atoms with E-state index in [1.807, 2.05) is 0 Å². The normalized spacial score (nSPS) is 31.7. The Hall–Kier alpha value is -0.260. The SMILES string of the molecule is NCCC1(NC2CCCCC2)NC(=O)CS1. The molecule has 2 aliphatic rings. The Morgan fingerprint density at radius 1 is 1.44 bits per heavy atom. The molecule has 1 aliphatic heterocycles. The van der Waals surface area contributed by atoms with Crippen LogP contribution in [0.3, 0.4) is 0 Å². The Balaban J connectivity index is 1.93. The van der Waals surface area contributed by atoms with Gasteiger partial charge in [0.1, 0.15) is 4.99 Å². The van der Waals surface area contributed by atoms with Gasteiger partial charge in [0.25, 0.3) is 0 Å². The lowest BCUT2D eigenvalue weighted by Crippen LogP contribution is -2.57. The van der Waals surface area contributed by atoms with E-state index in [1.54, 1.807) is 11.8 Å². The molecule has 4 N–H and O–H groups in total. The second-order valence-electron chi connectivity index (χ2n) is 4.68. The fraction of sp³-hybridized carbons (Fsp3) is 0.909. The molecule has 1 amide bonds. The van der Waals surface area contributed by atoms with Crippen molar-refractivity contribution in [2.45, 2.75) is 49.6 Å². The quantitative estimate of drug-likeness (QED) is 0.682. The minimum atomic E-state index is -0.284. The molecule has 92 valence electrons. The predicted octanol–water partition coefficient (Wildman–Crippen LogP) is 0.774. The van der Waals surface area contributed by atoms with E-state index in [9.17, 15) is 4.79 Å². The third kappa shape index (κ3) is 2.90. The third-order valence-electron chi connectivity index (χ3n) is 3.33. The van der Waals surface area contributed by atoms with Crippen molar-refractivity contribution in [3.05, 3.63) is 0 Å². The van der Waals surface area contributed by atoms with E-state index < -0.39 is 0 Å². The van der Waals surface area contributed by atoms with Crippen LogP contribution >= 0.6 is 11.8 Å². The van der Waals surface area contributed by atoms with Gasteiger partial charge in [-0.2, -0.15) is 0 Å². The van der Waals surface area contributed by atoms with E-state index in [1.165, 1.54) is 32.1 Å². The van der Waals surface area contributed by atoms with Gasteiger partial charge in [0.05, 0.1) is 5.75 Å². The molecule has 0 bridgehead atoms. The molecule has 0 aromatic carbocycles. The maximum Gasteiger partial charge on any atom is 0.232 e. The van der Waals surface area contributed by atoms with Crippen LogP contribution in [0.2, 0.25) is 0 Å². The average Bonchev–Trinajstić information content (AvgIpc) is 2.62. The zero-order valence-corrected chi connectivity index (χ0v) is 10.4. The first-order valence-corrected chi connectivity index (χ1v) is 7.15. The molecular weight excluding hydrogens is 222 g/mol. The Kier molecular flexibility index (Phi) is 4.10. The molecule has 1 aliphatic carbocycles. The Labute approximate surface area is 101 Å². The zero-order chi connectivity index (χ0) is 11.4. The lowest BCUT2D eigenvalue weighted by molar-refractivity contribution is -0.119. The minimum absolute atomic E-state index is 0.127.